The zero-order valence-corrected chi connectivity index (χ0v) is 16.8. The summed E-state index contributed by atoms with van der Waals surface area (Å²) in [5.41, 5.74) is 0.319. The lowest BCUT2D eigenvalue weighted by atomic mass is 10.1. The molecule has 150 valence electrons. The maximum absolute atomic E-state index is 12.9. The van der Waals surface area contributed by atoms with Crippen LogP contribution in [0, 0.1) is 0 Å². The highest BCUT2D eigenvalue weighted by Crippen LogP contribution is 2.23. The van der Waals surface area contributed by atoms with Crippen molar-refractivity contribution in [1.29, 1.82) is 0 Å². The molecule has 1 heterocycles. The number of hydrogen-bond acceptors (Lipinski definition) is 5. The van der Waals surface area contributed by atoms with Crippen molar-refractivity contribution in [2.45, 2.75) is 20.0 Å². The van der Waals surface area contributed by atoms with E-state index in [-0.39, 0.29) is 22.6 Å². The molecule has 0 fully saturated rings. The molecule has 0 N–H and O–H groups in total. The molecule has 0 spiro atoms. The van der Waals surface area contributed by atoms with Gasteiger partial charge in [0.25, 0.3) is 5.91 Å². The van der Waals surface area contributed by atoms with E-state index < -0.39 is 17.5 Å². The van der Waals surface area contributed by atoms with Crippen LogP contribution in [0.3, 0.4) is 0 Å². The smallest absolute Gasteiger partial charge is 0.375 e. The van der Waals surface area contributed by atoms with Gasteiger partial charge in [0.15, 0.2) is 5.43 Å². The lowest BCUT2D eigenvalue weighted by Gasteiger charge is -2.25. The maximum atomic E-state index is 12.9. The predicted octanol–water partition coefficient (Wildman–Crippen LogP) is 4.21. The normalized spacial score (nSPS) is 11.8. The van der Waals surface area contributed by atoms with Crippen molar-refractivity contribution in [3.8, 4) is 0 Å². The summed E-state index contributed by atoms with van der Waals surface area (Å²) in [5, 5.41) is 0.641. The number of nitrogens with zero attached hydrogens (tertiary/aromatic N) is 1. The fourth-order valence-electron chi connectivity index (χ4n) is 2.98. The summed E-state index contributed by atoms with van der Waals surface area (Å²) in [6.45, 7) is 4.64. The van der Waals surface area contributed by atoms with Gasteiger partial charge in [-0.25, -0.2) is 4.79 Å². The van der Waals surface area contributed by atoms with Crippen LogP contribution in [0.4, 0.5) is 0 Å². The highest BCUT2D eigenvalue weighted by molar-refractivity contribution is 6.31. The second kappa shape index (κ2) is 8.92. The lowest BCUT2D eigenvalue weighted by Crippen LogP contribution is -2.36. The molecule has 0 aliphatic carbocycles. The molecule has 0 aliphatic heterocycles. The Morgan fingerprint density at radius 2 is 1.76 bits per heavy atom. The number of esters is 1. The van der Waals surface area contributed by atoms with Crippen molar-refractivity contribution in [1.82, 2.24) is 4.90 Å². The Bertz CT molecular complexity index is 1090. The third kappa shape index (κ3) is 4.49. The van der Waals surface area contributed by atoms with Crippen LogP contribution in [-0.4, -0.2) is 29.9 Å². The summed E-state index contributed by atoms with van der Waals surface area (Å²) >= 11 is 5.91. The molecule has 0 radical (unpaired) electrons. The van der Waals surface area contributed by atoms with Crippen LogP contribution in [0.2, 0.25) is 5.02 Å². The number of halogens is 1. The first-order valence-corrected chi connectivity index (χ1v) is 9.60. The largest absolute Gasteiger partial charge is 0.449 e. The molecule has 3 rings (SSSR count). The number of rotatable bonds is 6. The number of carbonyl (C=O) groups excluding carboxylic acids is 2. The maximum Gasteiger partial charge on any atom is 0.375 e. The number of fused-ring (bicyclic) bond motifs is 1. The van der Waals surface area contributed by atoms with E-state index in [4.69, 9.17) is 20.8 Å². The molecule has 0 aliphatic rings. The van der Waals surface area contributed by atoms with Gasteiger partial charge in [-0.2, -0.15) is 0 Å². The number of benzene rings is 2. The van der Waals surface area contributed by atoms with E-state index in [1.807, 2.05) is 13.8 Å². The van der Waals surface area contributed by atoms with Gasteiger partial charge in [-0.05, 0) is 32.0 Å². The van der Waals surface area contributed by atoms with E-state index in [0.29, 0.717) is 23.7 Å². The van der Waals surface area contributed by atoms with Crippen LogP contribution in [0.1, 0.15) is 36.1 Å². The minimum absolute atomic E-state index is 0.209. The SMILES string of the molecule is CCN(CC)C(=O)[C@@H](OC(=O)c1cc(=O)c2cc(Cl)ccc2o1)c1ccccc1. The van der Waals surface area contributed by atoms with Crippen LogP contribution in [-0.2, 0) is 9.53 Å². The first kappa shape index (κ1) is 20.6. The van der Waals surface area contributed by atoms with Crippen molar-refractivity contribution in [3.05, 3.63) is 81.2 Å². The Morgan fingerprint density at radius 1 is 1.07 bits per heavy atom. The van der Waals surface area contributed by atoms with Gasteiger partial charge in [-0.1, -0.05) is 41.9 Å². The number of hydrogen-bond donors (Lipinski definition) is 0. The molecule has 2 aromatic carbocycles. The summed E-state index contributed by atoms with van der Waals surface area (Å²) in [4.78, 5) is 39.6. The van der Waals surface area contributed by atoms with Gasteiger partial charge >= 0.3 is 5.97 Å². The van der Waals surface area contributed by atoms with Crippen molar-refractivity contribution < 1.29 is 18.7 Å². The highest BCUT2D eigenvalue weighted by atomic mass is 35.5. The Morgan fingerprint density at radius 3 is 2.41 bits per heavy atom. The van der Waals surface area contributed by atoms with Crippen LogP contribution in [0.25, 0.3) is 11.0 Å². The first-order valence-electron chi connectivity index (χ1n) is 9.22. The molecule has 1 atom stereocenters. The Kier molecular flexibility index (Phi) is 6.34. The fourth-order valence-corrected chi connectivity index (χ4v) is 3.16. The molecule has 0 unspecified atom stereocenters. The molecule has 1 amide bonds. The van der Waals surface area contributed by atoms with Crippen LogP contribution >= 0.6 is 11.6 Å². The summed E-state index contributed by atoms with van der Waals surface area (Å²) in [5.74, 6) is -1.52. The second-order valence-corrected chi connectivity index (χ2v) is 6.76. The number of likely N-dealkylation sites (N-methyl/N-ethyl adjacent to an activating group) is 1. The van der Waals surface area contributed by atoms with E-state index in [2.05, 4.69) is 0 Å². The molecule has 0 bridgehead atoms. The van der Waals surface area contributed by atoms with E-state index in [1.165, 1.54) is 12.1 Å². The van der Waals surface area contributed by atoms with Gasteiger partial charge < -0.3 is 14.1 Å². The zero-order valence-electron chi connectivity index (χ0n) is 16.1. The van der Waals surface area contributed by atoms with Gasteiger partial charge in [-0.15, -0.1) is 0 Å². The van der Waals surface area contributed by atoms with E-state index in [9.17, 15) is 14.4 Å². The quantitative estimate of drug-likeness (QED) is 0.565. The average Bonchev–Trinajstić information content (AvgIpc) is 2.73. The molecule has 6 nitrogen and oxygen atoms in total. The molecule has 0 saturated carbocycles. The van der Waals surface area contributed by atoms with E-state index in [0.717, 1.165) is 6.07 Å². The van der Waals surface area contributed by atoms with Crippen LogP contribution in [0.15, 0.2) is 63.8 Å². The molecule has 7 heteroatoms. The van der Waals surface area contributed by atoms with Gasteiger partial charge in [0.2, 0.25) is 11.9 Å². The molecule has 0 saturated heterocycles. The van der Waals surface area contributed by atoms with E-state index in [1.54, 1.807) is 41.3 Å². The monoisotopic (exact) mass is 413 g/mol. The number of carbonyl (C=O) groups is 2. The second-order valence-electron chi connectivity index (χ2n) is 6.32. The first-order chi connectivity index (χ1) is 13.9. The third-order valence-electron chi connectivity index (χ3n) is 4.52. The van der Waals surface area contributed by atoms with Crippen molar-refractivity contribution in [2.24, 2.45) is 0 Å². The lowest BCUT2D eigenvalue weighted by molar-refractivity contribution is -0.140. The Labute approximate surface area is 172 Å². The third-order valence-corrected chi connectivity index (χ3v) is 4.75. The highest BCUT2D eigenvalue weighted by Gasteiger charge is 2.29. The Hall–Kier alpha value is -3.12. The van der Waals surface area contributed by atoms with Crippen LogP contribution in [0.5, 0.6) is 0 Å². The van der Waals surface area contributed by atoms with Gasteiger partial charge in [0, 0.05) is 29.7 Å². The number of amides is 1. The summed E-state index contributed by atoms with van der Waals surface area (Å²) < 4.78 is 11.0. The van der Waals surface area contributed by atoms with Gasteiger partial charge in [0.1, 0.15) is 5.58 Å². The van der Waals surface area contributed by atoms with Crippen molar-refractivity contribution in [3.63, 3.8) is 0 Å². The van der Waals surface area contributed by atoms with Gasteiger partial charge in [-0.3, -0.25) is 9.59 Å². The molecule has 1 aromatic heterocycles. The minimum Gasteiger partial charge on any atom is -0.449 e. The molecule has 3 aromatic rings. The van der Waals surface area contributed by atoms with Crippen molar-refractivity contribution >= 4 is 34.4 Å². The topological polar surface area (TPSA) is 76.8 Å². The summed E-state index contributed by atoms with van der Waals surface area (Å²) in [6, 6.07) is 14.3. The van der Waals surface area contributed by atoms with Gasteiger partial charge in [0.05, 0.1) is 5.39 Å². The predicted molar refractivity (Wildman–Crippen MR) is 110 cm³/mol. The fraction of sp³-hybridized carbons (Fsp3) is 0.227. The van der Waals surface area contributed by atoms with E-state index >= 15 is 0 Å². The van der Waals surface area contributed by atoms with Crippen molar-refractivity contribution in [2.75, 3.05) is 13.1 Å². The Balaban J connectivity index is 1.96. The van der Waals surface area contributed by atoms with Crippen LogP contribution < -0.4 is 5.43 Å². The molecule has 29 heavy (non-hydrogen) atoms. The zero-order chi connectivity index (χ0) is 21.0. The minimum atomic E-state index is -1.14. The average molecular weight is 414 g/mol. The summed E-state index contributed by atoms with van der Waals surface area (Å²) in [6.07, 6.45) is -1.14. The summed E-state index contributed by atoms with van der Waals surface area (Å²) in [7, 11) is 0. The number of ether oxygens (including phenoxy) is 1. The molecular formula is C22H20ClNO5. The molecular weight excluding hydrogens is 394 g/mol. The standard InChI is InChI=1S/C22H20ClNO5/c1-3-24(4-2)21(26)20(14-8-6-5-7-9-14)29-22(27)19-13-17(25)16-12-15(23)10-11-18(16)28-19/h5-13,20H,3-4H2,1-2H3/t20-/m0/s1.